The highest BCUT2D eigenvalue weighted by atomic mass is 35.5. The molecule has 0 heterocycles. The van der Waals surface area contributed by atoms with Gasteiger partial charge in [0.05, 0.1) is 0 Å². The van der Waals surface area contributed by atoms with Crippen molar-refractivity contribution in [2.24, 2.45) is 0 Å². The minimum Gasteiger partial charge on any atom is -0.119 e. The predicted octanol–water partition coefficient (Wildman–Crippen LogP) is 12.2. The fraction of sp³-hybridized carbons (Fsp3) is 1.00. The lowest BCUT2D eigenvalue weighted by atomic mass is 9.88. The number of unbranched alkanes of at least 4 members (excludes halogenated alkanes) is 20. The van der Waals surface area contributed by atoms with Crippen LogP contribution in [0.1, 0.15) is 188 Å². The van der Waals surface area contributed by atoms with Crippen molar-refractivity contribution in [3.8, 4) is 0 Å². The van der Waals surface area contributed by atoms with Crippen LogP contribution in [0.15, 0.2) is 0 Å². The maximum atomic E-state index is 7.26. The standard InChI is InChI=1S/C30H61Cl/c1-4-7-10-13-16-19-22-25-28-30(31,27-24-21-18-15-12-9-6-3)29-26-23-20-17-14-11-8-5-2/h4-29H2,1-3H3. The maximum absolute atomic E-state index is 7.26. The first-order valence-corrected chi connectivity index (χ1v) is 15.2. The van der Waals surface area contributed by atoms with E-state index in [1.54, 1.807) is 0 Å². The van der Waals surface area contributed by atoms with Gasteiger partial charge in [0.15, 0.2) is 0 Å². The third kappa shape index (κ3) is 23.3. The lowest BCUT2D eigenvalue weighted by molar-refractivity contribution is 0.394. The molecule has 1 heteroatoms. The third-order valence-corrected chi connectivity index (χ3v) is 7.75. The Balaban J connectivity index is 4.04. The van der Waals surface area contributed by atoms with Gasteiger partial charge in [-0.25, -0.2) is 0 Å². The fourth-order valence-electron chi connectivity index (χ4n) is 4.93. The molecule has 0 fully saturated rings. The monoisotopic (exact) mass is 456 g/mol. The second-order valence-electron chi connectivity index (χ2n) is 10.5. The number of halogens is 1. The van der Waals surface area contributed by atoms with Crippen LogP contribution in [0.25, 0.3) is 0 Å². The molecule has 0 aromatic carbocycles. The average Bonchev–Trinajstić information content (AvgIpc) is 2.77. The molecule has 0 atom stereocenters. The minimum atomic E-state index is 0.105. The van der Waals surface area contributed by atoms with Gasteiger partial charge in [0, 0.05) is 4.87 Å². The zero-order valence-electron chi connectivity index (χ0n) is 22.3. The van der Waals surface area contributed by atoms with Crippen molar-refractivity contribution in [1.29, 1.82) is 0 Å². The van der Waals surface area contributed by atoms with Gasteiger partial charge in [-0.3, -0.25) is 0 Å². The summed E-state index contributed by atoms with van der Waals surface area (Å²) in [5.41, 5.74) is 0. The minimum absolute atomic E-state index is 0.105. The zero-order chi connectivity index (χ0) is 22.9. The van der Waals surface area contributed by atoms with Crippen molar-refractivity contribution in [1.82, 2.24) is 0 Å². The molecule has 0 amide bonds. The molecule has 0 nitrogen and oxygen atoms in total. The average molecular weight is 457 g/mol. The zero-order valence-corrected chi connectivity index (χ0v) is 23.0. The van der Waals surface area contributed by atoms with Gasteiger partial charge in [-0.05, 0) is 19.3 Å². The van der Waals surface area contributed by atoms with Crippen LogP contribution in [-0.4, -0.2) is 4.87 Å². The van der Waals surface area contributed by atoms with Crippen molar-refractivity contribution in [2.45, 2.75) is 193 Å². The lowest BCUT2D eigenvalue weighted by Crippen LogP contribution is -2.21. The van der Waals surface area contributed by atoms with E-state index in [0.717, 1.165) is 0 Å². The molecule has 188 valence electrons. The summed E-state index contributed by atoms with van der Waals surface area (Å²) in [7, 11) is 0. The maximum Gasteiger partial charge on any atom is 0.0446 e. The summed E-state index contributed by atoms with van der Waals surface area (Å²) in [5.74, 6) is 0. The van der Waals surface area contributed by atoms with Crippen LogP contribution < -0.4 is 0 Å². The van der Waals surface area contributed by atoms with Crippen LogP contribution in [0.3, 0.4) is 0 Å². The van der Waals surface area contributed by atoms with Gasteiger partial charge >= 0.3 is 0 Å². The van der Waals surface area contributed by atoms with E-state index in [2.05, 4.69) is 20.8 Å². The van der Waals surface area contributed by atoms with Gasteiger partial charge in [0.1, 0.15) is 0 Å². The molecule has 0 aliphatic heterocycles. The Bertz CT molecular complexity index is 304. The van der Waals surface area contributed by atoms with E-state index in [1.165, 1.54) is 167 Å². The molecule has 0 rings (SSSR count). The predicted molar refractivity (Wildman–Crippen MR) is 146 cm³/mol. The van der Waals surface area contributed by atoms with Gasteiger partial charge in [0.25, 0.3) is 0 Å². The molecule has 0 aliphatic carbocycles. The van der Waals surface area contributed by atoms with Gasteiger partial charge < -0.3 is 0 Å². The number of hydrogen-bond acceptors (Lipinski definition) is 0. The summed E-state index contributed by atoms with van der Waals surface area (Å²) in [4.78, 5) is 0.105. The summed E-state index contributed by atoms with van der Waals surface area (Å²) < 4.78 is 0. The molecule has 0 radical (unpaired) electrons. The first-order valence-electron chi connectivity index (χ1n) is 14.9. The van der Waals surface area contributed by atoms with Gasteiger partial charge in [-0.2, -0.15) is 0 Å². The van der Waals surface area contributed by atoms with Crippen molar-refractivity contribution in [3.63, 3.8) is 0 Å². The Morgan fingerprint density at radius 1 is 0.323 bits per heavy atom. The molecule has 0 saturated carbocycles. The summed E-state index contributed by atoms with van der Waals surface area (Å²) >= 11 is 7.26. The topological polar surface area (TPSA) is 0 Å². The molecule has 0 unspecified atom stereocenters. The van der Waals surface area contributed by atoms with E-state index in [4.69, 9.17) is 11.6 Å². The lowest BCUT2D eigenvalue weighted by Gasteiger charge is -2.27. The molecule has 0 N–H and O–H groups in total. The Kier molecular flexibility index (Phi) is 25.2. The van der Waals surface area contributed by atoms with Crippen LogP contribution in [-0.2, 0) is 0 Å². The fourth-order valence-corrected chi connectivity index (χ4v) is 5.33. The van der Waals surface area contributed by atoms with Gasteiger partial charge in [0.2, 0.25) is 0 Å². The second-order valence-corrected chi connectivity index (χ2v) is 11.3. The van der Waals surface area contributed by atoms with Crippen LogP contribution >= 0.6 is 11.6 Å². The molecule has 0 aromatic heterocycles. The Hall–Kier alpha value is 0.290. The molecule has 0 bridgehead atoms. The largest absolute Gasteiger partial charge is 0.119 e. The molecule has 0 saturated heterocycles. The van der Waals surface area contributed by atoms with Crippen LogP contribution in [0, 0.1) is 0 Å². The first-order chi connectivity index (χ1) is 15.2. The van der Waals surface area contributed by atoms with E-state index in [9.17, 15) is 0 Å². The van der Waals surface area contributed by atoms with E-state index in [-0.39, 0.29) is 4.87 Å². The summed E-state index contributed by atoms with van der Waals surface area (Å²) in [6, 6.07) is 0. The Labute approximate surface area is 204 Å². The number of rotatable bonds is 26. The Morgan fingerprint density at radius 3 is 0.742 bits per heavy atom. The summed E-state index contributed by atoms with van der Waals surface area (Å²) in [5, 5.41) is 0. The van der Waals surface area contributed by atoms with E-state index < -0.39 is 0 Å². The van der Waals surface area contributed by atoms with E-state index in [1.807, 2.05) is 0 Å². The highest BCUT2D eigenvalue weighted by Gasteiger charge is 2.25. The SMILES string of the molecule is CCCCCCCCCCC(Cl)(CCCCCCCCC)CCCCCCCCCC. The highest BCUT2D eigenvalue weighted by Crippen LogP contribution is 2.35. The van der Waals surface area contributed by atoms with Crippen LogP contribution in [0.2, 0.25) is 0 Å². The molecule has 31 heavy (non-hydrogen) atoms. The summed E-state index contributed by atoms with van der Waals surface area (Å²) in [6.45, 7) is 6.91. The summed E-state index contributed by atoms with van der Waals surface area (Å²) in [6.07, 6.45) is 36.1. The smallest absolute Gasteiger partial charge is 0.0446 e. The Morgan fingerprint density at radius 2 is 0.516 bits per heavy atom. The molecule has 0 aromatic rings. The molecular weight excluding hydrogens is 396 g/mol. The van der Waals surface area contributed by atoms with Crippen LogP contribution in [0.5, 0.6) is 0 Å². The number of hydrogen-bond donors (Lipinski definition) is 0. The van der Waals surface area contributed by atoms with Gasteiger partial charge in [-0.1, -0.05) is 168 Å². The molecule has 0 aliphatic rings. The van der Waals surface area contributed by atoms with Crippen molar-refractivity contribution in [3.05, 3.63) is 0 Å². The molecule has 0 spiro atoms. The van der Waals surface area contributed by atoms with E-state index >= 15 is 0 Å². The normalized spacial score (nSPS) is 12.0. The highest BCUT2D eigenvalue weighted by molar-refractivity contribution is 6.23. The van der Waals surface area contributed by atoms with E-state index in [0.29, 0.717) is 0 Å². The third-order valence-electron chi connectivity index (χ3n) is 7.19. The van der Waals surface area contributed by atoms with Gasteiger partial charge in [-0.15, -0.1) is 11.6 Å². The van der Waals surface area contributed by atoms with Crippen molar-refractivity contribution < 1.29 is 0 Å². The van der Waals surface area contributed by atoms with Crippen LogP contribution in [0.4, 0.5) is 0 Å². The molecular formula is C30H61Cl. The quantitative estimate of drug-likeness (QED) is 0.0895. The van der Waals surface area contributed by atoms with Crippen molar-refractivity contribution >= 4 is 11.6 Å². The first kappa shape index (κ1) is 31.3. The second kappa shape index (κ2) is 24.9. The number of alkyl halides is 1. The van der Waals surface area contributed by atoms with Crippen molar-refractivity contribution in [2.75, 3.05) is 0 Å².